The Hall–Kier alpha value is -2.77. The average Bonchev–Trinajstić information content (AvgIpc) is 3.42. The Kier molecular flexibility index (Phi) is 4.64. The molecular weight excluding hydrogens is 398 g/mol. The first-order valence-corrected chi connectivity index (χ1v) is 11.3. The van der Waals surface area contributed by atoms with Gasteiger partial charge in [0.2, 0.25) is 5.82 Å². The van der Waals surface area contributed by atoms with Gasteiger partial charge in [-0.2, -0.15) is 15.3 Å². The zero-order chi connectivity index (χ0) is 19.9. The summed E-state index contributed by atoms with van der Waals surface area (Å²) in [6.07, 6.45) is 2.22. The zero-order valence-corrected chi connectivity index (χ0v) is 16.9. The zero-order valence-electron chi connectivity index (χ0n) is 15.3. The lowest BCUT2D eigenvalue weighted by Gasteiger charge is -2.10. The second kappa shape index (κ2) is 7.00. The van der Waals surface area contributed by atoms with Gasteiger partial charge in [-0.1, -0.05) is 11.2 Å². The van der Waals surface area contributed by atoms with Gasteiger partial charge < -0.3 is 4.52 Å². The van der Waals surface area contributed by atoms with Crippen LogP contribution in [0.3, 0.4) is 0 Å². The van der Waals surface area contributed by atoms with Crippen molar-refractivity contribution in [3.05, 3.63) is 40.4 Å². The van der Waals surface area contributed by atoms with Crippen LogP contribution in [0.1, 0.15) is 35.3 Å². The van der Waals surface area contributed by atoms with Gasteiger partial charge >= 0.3 is 0 Å². The van der Waals surface area contributed by atoms with E-state index in [0.29, 0.717) is 17.9 Å². The highest BCUT2D eigenvalue weighted by atomic mass is 32.2. The highest BCUT2D eigenvalue weighted by Gasteiger charge is 2.31. The number of hydrogen-bond acceptors (Lipinski definition) is 8. The minimum absolute atomic E-state index is 0.0943. The molecule has 0 radical (unpaired) electrons. The molecule has 0 spiro atoms. The van der Waals surface area contributed by atoms with Gasteiger partial charge in [0.1, 0.15) is 11.6 Å². The van der Waals surface area contributed by atoms with Crippen molar-refractivity contribution in [2.75, 3.05) is 11.5 Å². The molecule has 1 saturated heterocycles. The number of aromatic nitrogens is 4. The molecule has 0 unspecified atom stereocenters. The fourth-order valence-corrected chi connectivity index (χ4v) is 5.67. The van der Waals surface area contributed by atoms with Crippen LogP contribution in [0.5, 0.6) is 0 Å². The molecule has 0 aromatic carbocycles. The highest BCUT2D eigenvalue weighted by Crippen LogP contribution is 2.29. The van der Waals surface area contributed by atoms with Crippen molar-refractivity contribution in [3.63, 3.8) is 0 Å². The van der Waals surface area contributed by atoms with Crippen molar-refractivity contribution >= 4 is 32.8 Å². The fraction of sp³-hybridized carbons (Fsp3) is 0.333. The Morgan fingerprint density at radius 2 is 2.29 bits per heavy atom. The predicted molar refractivity (Wildman–Crippen MR) is 105 cm³/mol. The van der Waals surface area contributed by atoms with Gasteiger partial charge in [0.05, 0.1) is 28.1 Å². The number of hydrogen-bond donors (Lipinski definition) is 0. The Morgan fingerprint density at radius 3 is 2.93 bits per heavy atom. The number of sulfone groups is 1. The summed E-state index contributed by atoms with van der Waals surface area (Å²) in [6.45, 7) is 3.70. The van der Waals surface area contributed by atoms with E-state index >= 15 is 0 Å². The summed E-state index contributed by atoms with van der Waals surface area (Å²) in [5.74, 6) is 0.849. The minimum atomic E-state index is -3.01. The molecule has 3 aromatic rings. The molecule has 10 heteroatoms. The molecule has 3 aromatic heterocycles. The van der Waals surface area contributed by atoms with E-state index < -0.39 is 9.84 Å². The van der Waals surface area contributed by atoms with Crippen molar-refractivity contribution in [2.24, 2.45) is 0 Å². The second-order valence-corrected chi connectivity index (χ2v) is 9.83. The van der Waals surface area contributed by atoms with Crippen molar-refractivity contribution in [3.8, 4) is 16.8 Å². The van der Waals surface area contributed by atoms with Crippen LogP contribution in [0.25, 0.3) is 22.4 Å². The third-order valence-electron chi connectivity index (χ3n) is 4.74. The first kappa shape index (κ1) is 18.6. The molecule has 1 aliphatic heterocycles. The first-order chi connectivity index (χ1) is 13.4. The van der Waals surface area contributed by atoms with Crippen molar-refractivity contribution in [2.45, 2.75) is 26.3 Å². The van der Waals surface area contributed by atoms with E-state index in [2.05, 4.69) is 21.3 Å². The monoisotopic (exact) mass is 415 g/mol. The van der Waals surface area contributed by atoms with Crippen LogP contribution >= 0.6 is 11.3 Å². The molecule has 0 saturated carbocycles. The van der Waals surface area contributed by atoms with E-state index in [4.69, 9.17) is 4.52 Å². The molecule has 28 heavy (non-hydrogen) atoms. The largest absolute Gasteiger partial charge is 0.333 e. The number of aryl methyl sites for hydroxylation is 1. The van der Waals surface area contributed by atoms with Gasteiger partial charge in [-0.25, -0.2) is 8.42 Å². The Morgan fingerprint density at radius 1 is 1.46 bits per heavy atom. The number of nitrogens with zero attached hydrogens (tertiary/aromatic N) is 5. The molecule has 0 N–H and O–H groups in total. The summed E-state index contributed by atoms with van der Waals surface area (Å²) in [4.78, 5) is 5.17. The summed E-state index contributed by atoms with van der Waals surface area (Å²) >= 11 is 1.48. The fourth-order valence-electron chi connectivity index (χ4n) is 3.33. The molecule has 144 valence electrons. The average molecular weight is 416 g/mol. The lowest BCUT2D eigenvalue weighted by atomic mass is 10.1. The molecule has 4 rings (SSSR count). The van der Waals surface area contributed by atoms with Crippen LogP contribution in [-0.2, 0) is 9.84 Å². The van der Waals surface area contributed by atoms with Crippen LogP contribution in [-0.4, -0.2) is 39.8 Å². The van der Waals surface area contributed by atoms with Crippen LogP contribution < -0.4 is 0 Å². The van der Waals surface area contributed by atoms with Gasteiger partial charge in [0, 0.05) is 11.3 Å². The third kappa shape index (κ3) is 3.39. The number of allylic oxidation sites excluding steroid dienone is 1. The van der Waals surface area contributed by atoms with Crippen molar-refractivity contribution in [1.29, 1.82) is 5.26 Å². The molecule has 8 nitrogen and oxygen atoms in total. The predicted octanol–water partition coefficient (Wildman–Crippen LogP) is 3.04. The first-order valence-electron chi connectivity index (χ1n) is 8.64. The maximum atomic E-state index is 11.8. The maximum Gasteiger partial charge on any atom is 0.268 e. The summed E-state index contributed by atoms with van der Waals surface area (Å²) in [5, 5.41) is 20.0. The van der Waals surface area contributed by atoms with Gasteiger partial charge in [0.15, 0.2) is 9.84 Å². The summed E-state index contributed by atoms with van der Waals surface area (Å²) < 4.78 is 30.6. The van der Waals surface area contributed by atoms with E-state index in [-0.39, 0.29) is 29.0 Å². The smallest absolute Gasteiger partial charge is 0.268 e. The molecule has 0 amide bonds. The Labute approximate surface area is 166 Å². The molecule has 1 atom stereocenters. The number of thiophene rings is 1. The van der Waals surface area contributed by atoms with Gasteiger partial charge in [-0.05, 0) is 37.8 Å². The van der Waals surface area contributed by atoms with Gasteiger partial charge in [0.25, 0.3) is 5.89 Å². The van der Waals surface area contributed by atoms with Crippen LogP contribution in [0.2, 0.25) is 0 Å². The lowest BCUT2D eigenvalue weighted by Crippen LogP contribution is -2.13. The normalized spacial score (nSPS) is 19.0. The van der Waals surface area contributed by atoms with Gasteiger partial charge in [-0.3, -0.25) is 4.68 Å². The van der Waals surface area contributed by atoms with E-state index in [1.165, 1.54) is 11.3 Å². The summed E-state index contributed by atoms with van der Waals surface area (Å²) in [7, 11) is -3.01. The molecule has 1 aliphatic rings. The third-order valence-corrected chi connectivity index (χ3v) is 7.36. The van der Waals surface area contributed by atoms with E-state index in [1.54, 1.807) is 10.8 Å². The van der Waals surface area contributed by atoms with Crippen molar-refractivity contribution in [1.82, 2.24) is 19.9 Å². The second-order valence-electron chi connectivity index (χ2n) is 6.66. The van der Waals surface area contributed by atoms with E-state index in [0.717, 1.165) is 16.1 Å². The molecular formula is C18H17N5O3S2. The quantitative estimate of drug-likeness (QED) is 0.602. The topological polar surface area (TPSA) is 115 Å². The SMILES string of the molecule is Cc1nn([C@H]2CCS(=O)(=O)C2)c(C)c1/C=C(\C#N)c1nc(-c2cccs2)no1. The van der Waals surface area contributed by atoms with Gasteiger partial charge in [-0.15, -0.1) is 11.3 Å². The van der Waals surface area contributed by atoms with Crippen LogP contribution in [0, 0.1) is 25.2 Å². The van der Waals surface area contributed by atoms with E-state index in [1.807, 2.05) is 31.4 Å². The van der Waals surface area contributed by atoms with E-state index in [9.17, 15) is 13.7 Å². The maximum absolute atomic E-state index is 11.8. The molecule has 4 heterocycles. The Balaban J connectivity index is 1.69. The van der Waals surface area contributed by atoms with Crippen LogP contribution in [0.4, 0.5) is 0 Å². The number of rotatable bonds is 4. The number of nitriles is 1. The van der Waals surface area contributed by atoms with Crippen LogP contribution in [0.15, 0.2) is 22.0 Å². The molecule has 0 bridgehead atoms. The Bertz CT molecular complexity index is 1200. The minimum Gasteiger partial charge on any atom is -0.333 e. The highest BCUT2D eigenvalue weighted by molar-refractivity contribution is 7.91. The van der Waals surface area contributed by atoms with Crippen molar-refractivity contribution < 1.29 is 12.9 Å². The summed E-state index contributed by atoms with van der Waals surface area (Å²) in [6, 6.07) is 5.70. The molecule has 0 aliphatic carbocycles. The standard InChI is InChI=1S/C18H17N5O3S2/c1-11-15(12(2)23(21-11)14-5-7-28(24,25)10-14)8-13(9-19)18-20-17(22-26-18)16-4-3-6-27-16/h3-4,6,8,14H,5,7,10H2,1-2H3/b13-8+/t14-/m0/s1. The summed E-state index contributed by atoms with van der Waals surface area (Å²) in [5.41, 5.74) is 2.52. The molecule has 1 fully saturated rings. The lowest BCUT2D eigenvalue weighted by molar-refractivity contribution is 0.409.